The van der Waals surface area contributed by atoms with Gasteiger partial charge in [0, 0.05) is 19.6 Å². The molecule has 2 unspecified atom stereocenters. The van der Waals surface area contributed by atoms with E-state index in [4.69, 9.17) is 0 Å². The molecule has 0 radical (unpaired) electrons. The van der Waals surface area contributed by atoms with Crippen LogP contribution in [0.3, 0.4) is 0 Å². The van der Waals surface area contributed by atoms with Gasteiger partial charge < -0.3 is 10.4 Å². The second-order valence-corrected chi connectivity index (χ2v) is 5.72. The Kier molecular flexibility index (Phi) is 5.24. The summed E-state index contributed by atoms with van der Waals surface area (Å²) in [6.07, 6.45) is 11.0. The van der Waals surface area contributed by atoms with Crippen molar-refractivity contribution in [3.63, 3.8) is 0 Å². The fourth-order valence-corrected chi connectivity index (χ4v) is 3.20. The molecule has 0 bridgehead atoms. The van der Waals surface area contributed by atoms with Crippen molar-refractivity contribution in [2.24, 2.45) is 11.8 Å². The van der Waals surface area contributed by atoms with Crippen molar-refractivity contribution < 1.29 is 9.90 Å². The Hall–Kier alpha value is -0.830. The summed E-state index contributed by atoms with van der Waals surface area (Å²) < 4.78 is 0. The maximum atomic E-state index is 11.8. The molecule has 2 aliphatic carbocycles. The van der Waals surface area contributed by atoms with Gasteiger partial charge in [0.2, 0.25) is 5.91 Å². The van der Waals surface area contributed by atoms with Crippen LogP contribution in [0.4, 0.5) is 0 Å². The maximum Gasteiger partial charge on any atom is 0.224 e. The Morgan fingerprint density at radius 2 is 2.11 bits per heavy atom. The highest BCUT2D eigenvalue weighted by molar-refractivity contribution is 5.78. The molecule has 2 rings (SSSR count). The summed E-state index contributed by atoms with van der Waals surface area (Å²) in [7, 11) is 0. The van der Waals surface area contributed by atoms with Crippen LogP contribution in [-0.4, -0.2) is 24.2 Å². The summed E-state index contributed by atoms with van der Waals surface area (Å²) in [4.78, 5) is 11.8. The van der Waals surface area contributed by atoms with Crippen LogP contribution in [0.2, 0.25) is 0 Å². The van der Waals surface area contributed by atoms with Crippen molar-refractivity contribution in [3.05, 3.63) is 11.6 Å². The van der Waals surface area contributed by atoms with E-state index in [1.807, 2.05) is 0 Å². The van der Waals surface area contributed by atoms with Crippen LogP contribution in [0.5, 0.6) is 0 Å². The topological polar surface area (TPSA) is 49.3 Å². The molecule has 1 saturated carbocycles. The second-order valence-electron chi connectivity index (χ2n) is 5.72. The highest BCUT2D eigenvalue weighted by Gasteiger charge is 2.26. The molecule has 0 aliphatic heterocycles. The van der Waals surface area contributed by atoms with Crippen molar-refractivity contribution in [1.82, 2.24) is 5.32 Å². The van der Waals surface area contributed by atoms with Gasteiger partial charge in [0.25, 0.3) is 0 Å². The molecule has 3 nitrogen and oxygen atoms in total. The van der Waals surface area contributed by atoms with Gasteiger partial charge in [-0.05, 0) is 50.4 Å². The molecule has 102 valence electrons. The van der Waals surface area contributed by atoms with Crippen LogP contribution in [0.25, 0.3) is 0 Å². The van der Waals surface area contributed by atoms with E-state index in [-0.39, 0.29) is 12.5 Å². The summed E-state index contributed by atoms with van der Waals surface area (Å²) >= 11 is 0. The normalized spacial score (nSPS) is 27.9. The van der Waals surface area contributed by atoms with E-state index >= 15 is 0 Å². The zero-order valence-corrected chi connectivity index (χ0v) is 11.2. The Bertz CT molecular complexity index is 312. The van der Waals surface area contributed by atoms with Crippen molar-refractivity contribution in [1.29, 1.82) is 0 Å². The quantitative estimate of drug-likeness (QED) is 0.737. The lowest BCUT2D eigenvalue weighted by Crippen LogP contribution is -2.31. The molecule has 2 aliphatic rings. The summed E-state index contributed by atoms with van der Waals surface area (Å²) in [6, 6.07) is 0. The Labute approximate surface area is 110 Å². The van der Waals surface area contributed by atoms with E-state index in [9.17, 15) is 9.90 Å². The Morgan fingerprint density at radius 3 is 2.83 bits per heavy atom. The van der Waals surface area contributed by atoms with E-state index in [1.54, 1.807) is 0 Å². The third-order valence-electron chi connectivity index (χ3n) is 4.39. The molecule has 0 spiro atoms. The third kappa shape index (κ3) is 3.84. The van der Waals surface area contributed by atoms with Gasteiger partial charge in [-0.25, -0.2) is 0 Å². The van der Waals surface area contributed by atoms with Gasteiger partial charge in [0.05, 0.1) is 0 Å². The molecule has 0 aromatic carbocycles. The molecule has 1 amide bonds. The van der Waals surface area contributed by atoms with E-state index < -0.39 is 0 Å². The average Bonchev–Trinajstić information content (AvgIpc) is 2.85. The minimum absolute atomic E-state index is 0.159. The number of aliphatic hydroxyl groups excluding tert-OH is 1. The van der Waals surface area contributed by atoms with Crippen LogP contribution in [0.15, 0.2) is 11.6 Å². The predicted molar refractivity (Wildman–Crippen MR) is 72.1 cm³/mol. The SMILES string of the molecule is O=C(CC1=CCCCC1)NCC1CCCC1CO. The van der Waals surface area contributed by atoms with Gasteiger partial charge in [0.15, 0.2) is 0 Å². The molecule has 0 saturated heterocycles. The number of hydrogen-bond donors (Lipinski definition) is 2. The minimum atomic E-state index is 0.159. The van der Waals surface area contributed by atoms with Crippen molar-refractivity contribution >= 4 is 5.91 Å². The van der Waals surface area contributed by atoms with E-state index in [2.05, 4.69) is 11.4 Å². The summed E-state index contributed by atoms with van der Waals surface area (Å²) in [5.41, 5.74) is 1.31. The molecule has 1 fully saturated rings. The van der Waals surface area contributed by atoms with E-state index in [1.165, 1.54) is 24.8 Å². The molecular weight excluding hydrogens is 226 g/mol. The zero-order chi connectivity index (χ0) is 12.8. The lowest BCUT2D eigenvalue weighted by atomic mass is 9.95. The average molecular weight is 251 g/mol. The zero-order valence-electron chi connectivity index (χ0n) is 11.2. The number of allylic oxidation sites excluding steroid dienone is 1. The first kappa shape index (κ1) is 13.6. The van der Waals surface area contributed by atoms with E-state index in [0.29, 0.717) is 18.3 Å². The standard InChI is InChI=1S/C15H25NO2/c17-11-14-8-4-7-13(14)10-16-15(18)9-12-5-2-1-3-6-12/h5,13-14,17H,1-4,6-11H2,(H,16,18). The predicted octanol–water partition coefficient (Wildman–Crippen LogP) is 2.40. The number of carbonyl (C=O) groups is 1. The molecule has 18 heavy (non-hydrogen) atoms. The maximum absolute atomic E-state index is 11.8. The van der Waals surface area contributed by atoms with Gasteiger partial charge in [0.1, 0.15) is 0 Å². The number of aliphatic hydroxyl groups is 1. The van der Waals surface area contributed by atoms with Crippen LogP contribution < -0.4 is 5.32 Å². The smallest absolute Gasteiger partial charge is 0.224 e. The van der Waals surface area contributed by atoms with Gasteiger partial charge in [-0.2, -0.15) is 0 Å². The largest absolute Gasteiger partial charge is 0.396 e. The summed E-state index contributed by atoms with van der Waals surface area (Å²) in [5.74, 6) is 1.05. The molecular formula is C15H25NO2. The molecule has 0 heterocycles. The van der Waals surface area contributed by atoms with E-state index in [0.717, 1.165) is 32.2 Å². The molecule has 3 heteroatoms. The number of rotatable bonds is 5. The molecule has 0 aromatic rings. The summed E-state index contributed by atoms with van der Waals surface area (Å²) in [5, 5.41) is 12.3. The summed E-state index contributed by atoms with van der Waals surface area (Å²) in [6.45, 7) is 1.02. The van der Waals surface area contributed by atoms with Crippen molar-refractivity contribution in [3.8, 4) is 0 Å². The number of carbonyl (C=O) groups excluding carboxylic acids is 1. The van der Waals surface area contributed by atoms with Crippen molar-refractivity contribution in [2.75, 3.05) is 13.2 Å². The highest BCUT2D eigenvalue weighted by Crippen LogP contribution is 2.30. The highest BCUT2D eigenvalue weighted by atomic mass is 16.3. The second kappa shape index (κ2) is 6.93. The van der Waals surface area contributed by atoms with Crippen LogP contribution in [0, 0.1) is 11.8 Å². The fraction of sp³-hybridized carbons (Fsp3) is 0.800. The van der Waals surface area contributed by atoms with Gasteiger partial charge in [-0.15, -0.1) is 0 Å². The van der Waals surface area contributed by atoms with Crippen LogP contribution >= 0.6 is 0 Å². The van der Waals surface area contributed by atoms with Gasteiger partial charge >= 0.3 is 0 Å². The number of hydrogen-bond acceptors (Lipinski definition) is 2. The van der Waals surface area contributed by atoms with Crippen molar-refractivity contribution in [2.45, 2.75) is 51.4 Å². The minimum Gasteiger partial charge on any atom is -0.396 e. The van der Waals surface area contributed by atoms with Gasteiger partial charge in [-0.3, -0.25) is 4.79 Å². The fourth-order valence-electron chi connectivity index (χ4n) is 3.20. The number of amides is 1. The lowest BCUT2D eigenvalue weighted by molar-refractivity contribution is -0.120. The number of nitrogens with one attached hydrogen (secondary N) is 1. The third-order valence-corrected chi connectivity index (χ3v) is 4.39. The first-order chi connectivity index (χ1) is 8.79. The Balaban J connectivity index is 1.69. The van der Waals surface area contributed by atoms with Gasteiger partial charge in [-0.1, -0.05) is 18.1 Å². The lowest BCUT2D eigenvalue weighted by Gasteiger charge is -2.18. The van der Waals surface area contributed by atoms with Crippen LogP contribution in [0.1, 0.15) is 51.4 Å². The Morgan fingerprint density at radius 1 is 1.28 bits per heavy atom. The molecule has 0 aromatic heterocycles. The first-order valence-electron chi connectivity index (χ1n) is 7.35. The first-order valence-corrected chi connectivity index (χ1v) is 7.35. The monoisotopic (exact) mass is 251 g/mol. The molecule has 2 N–H and O–H groups in total. The van der Waals surface area contributed by atoms with Crippen LogP contribution in [-0.2, 0) is 4.79 Å². The molecule has 2 atom stereocenters.